The maximum absolute atomic E-state index is 5.19. The van der Waals surface area contributed by atoms with Crippen molar-refractivity contribution in [3.05, 3.63) is 121 Å². The molecule has 2 aliphatic heterocycles. The molecule has 0 unspecified atom stereocenters. The summed E-state index contributed by atoms with van der Waals surface area (Å²) >= 11 is 0. The third-order valence-electron chi connectivity index (χ3n) is 7.95. The highest BCUT2D eigenvalue weighted by molar-refractivity contribution is 6.12. The number of rotatable bonds is 0. The highest BCUT2D eigenvalue weighted by Gasteiger charge is 2.20. The van der Waals surface area contributed by atoms with E-state index in [9.17, 15) is 0 Å². The molecule has 4 nitrogen and oxygen atoms in total. The Kier molecular flexibility index (Phi) is 4.30. The predicted octanol–water partition coefficient (Wildman–Crippen LogP) is 9.28. The number of nitrogens with zero attached hydrogens (tertiary/aromatic N) is 2. The Labute approximate surface area is 229 Å². The number of H-pyrrole nitrogens is 2. The van der Waals surface area contributed by atoms with Gasteiger partial charge in [0.15, 0.2) is 0 Å². The van der Waals surface area contributed by atoms with Crippen LogP contribution >= 0.6 is 0 Å². The third kappa shape index (κ3) is 3.40. The molecule has 0 saturated heterocycles. The average Bonchev–Trinajstić information content (AvgIpc) is 3.76. The Morgan fingerprint density at radius 1 is 0.425 bits per heavy atom. The summed E-state index contributed by atoms with van der Waals surface area (Å²) in [5.74, 6) is 0. The Hall–Kier alpha value is -5.48. The highest BCUT2D eigenvalue weighted by Crippen LogP contribution is 2.42. The molecule has 2 aliphatic rings. The van der Waals surface area contributed by atoms with Crippen molar-refractivity contribution in [3.63, 3.8) is 0 Å². The minimum Gasteiger partial charge on any atom is -0.355 e. The van der Waals surface area contributed by atoms with Crippen LogP contribution < -0.4 is 0 Å². The minimum atomic E-state index is 0.926. The summed E-state index contributed by atoms with van der Waals surface area (Å²) in [7, 11) is 0. The van der Waals surface area contributed by atoms with E-state index < -0.39 is 0 Å². The molecule has 0 aliphatic carbocycles. The van der Waals surface area contributed by atoms with E-state index >= 15 is 0 Å². The zero-order valence-electron chi connectivity index (χ0n) is 21.4. The van der Waals surface area contributed by atoms with Crippen LogP contribution in [-0.2, 0) is 0 Å². The lowest BCUT2D eigenvalue weighted by atomic mass is 9.93. The molecular weight excluding hydrogens is 488 g/mol. The molecule has 0 radical (unpaired) electrons. The molecule has 7 aromatic rings. The molecule has 0 saturated carbocycles. The van der Waals surface area contributed by atoms with Gasteiger partial charge in [-0.1, -0.05) is 36.4 Å². The van der Waals surface area contributed by atoms with Gasteiger partial charge < -0.3 is 9.97 Å². The van der Waals surface area contributed by atoms with Gasteiger partial charge in [-0.25, -0.2) is 9.97 Å². The standard InChI is InChI=1S/C36H22N4/c1-2-4-22-14-25-16-33-23(15-24(25)13-21(22)3-1)5-12-32-34-19-30-10-8-28(38-30)17-26-6-7-27(37-26)18-29-9-11-31(39-29)20-35(40-34)36(32)33/h1-20,38-39H. The molecule has 4 aromatic carbocycles. The number of aromatic nitrogens is 4. The van der Waals surface area contributed by atoms with Gasteiger partial charge in [0.2, 0.25) is 0 Å². The van der Waals surface area contributed by atoms with Gasteiger partial charge in [0, 0.05) is 33.2 Å². The topological polar surface area (TPSA) is 57.4 Å². The van der Waals surface area contributed by atoms with Crippen LogP contribution in [0.3, 0.4) is 0 Å². The zero-order chi connectivity index (χ0) is 26.2. The number of hydrogen-bond donors (Lipinski definition) is 2. The fraction of sp³-hybridized carbons (Fsp3) is 0. The highest BCUT2D eigenvalue weighted by atomic mass is 14.8. The molecular formula is C36H22N4. The summed E-state index contributed by atoms with van der Waals surface area (Å²) in [6.45, 7) is 0. The molecule has 0 atom stereocenters. The van der Waals surface area contributed by atoms with E-state index in [4.69, 9.17) is 9.97 Å². The van der Waals surface area contributed by atoms with Crippen molar-refractivity contribution in [2.45, 2.75) is 0 Å². The van der Waals surface area contributed by atoms with Crippen molar-refractivity contribution in [3.8, 4) is 22.5 Å². The molecule has 3 aromatic heterocycles. The van der Waals surface area contributed by atoms with E-state index in [1.54, 1.807) is 0 Å². The smallest absolute Gasteiger partial charge is 0.0743 e. The quantitative estimate of drug-likeness (QED) is 0.200. The summed E-state index contributed by atoms with van der Waals surface area (Å²) in [6, 6.07) is 39.0. The largest absolute Gasteiger partial charge is 0.355 e. The summed E-state index contributed by atoms with van der Waals surface area (Å²) in [4.78, 5) is 17.0. The SMILES string of the molecule is C1=Cc2cc3ccc(cc4nc(cc5ccc(cc1n2)[nH]5)-c1ccc2cc5cc6ccccc6cc5cc2c1-4)[nH]3. The van der Waals surface area contributed by atoms with Gasteiger partial charge in [-0.05, 0) is 117 Å². The fourth-order valence-corrected chi connectivity index (χ4v) is 6.08. The number of fused-ring (bicyclic) bond motifs is 15. The zero-order valence-corrected chi connectivity index (χ0v) is 21.4. The molecule has 5 heterocycles. The monoisotopic (exact) mass is 510 g/mol. The van der Waals surface area contributed by atoms with E-state index in [2.05, 4.69) is 119 Å². The van der Waals surface area contributed by atoms with E-state index in [1.165, 1.54) is 37.9 Å². The van der Waals surface area contributed by atoms with Crippen LogP contribution in [0.1, 0.15) is 11.4 Å². The van der Waals surface area contributed by atoms with Gasteiger partial charge in [0.1, 0.15) is 0 Å². The van der Waals surface area contributed by atoms with Gasteiger partial charge in [0.25, 0.3) is 0 Å². The molecule has 9 rings (SSSR count). The van der Waals surface area contributed by atoms with Crippen LogP contribution in [0.15, 0.2) is 109 Å². The van der Waals surface area contributed by atoms with Crippen molar-refractivity contribution in [2.24, 2.45) is 0 Å². The Bertz CT molecular complexity index is 2390. The number of aromatic amines is 2. The Balaban J connectivity index is 1.37. The molecule has 40 heavy (non-hydrogen) atoms. The first-order valence-electron chi connectivity index (χ1n) is 13.5. The predicted molar refractivity (Wildman–Crippen MR) is 167 cm³/mol. The van der Waals surface area contributed by atoms with E-state index in [0.29, 0.717) is 0 Å². The molecule has 0 spiro atoms. The summed E-state index contributed by atoms with van der Waals surface area (Å²) in [6.07, 6.45) is 4.09. The maximum Gasteiger partial charge on any atom is 0.0743 e. The summed E-state index contributed by atoms with van der Waals surface area (Å²) in [5, 5.41) is 7.42. The first kappa shape index (κ1) is 21.5. The Morgan fingerprint density at radius 2 is 1.00 bits per heavy atom. The molecule has 4 heteroatoms. The van der Waals surface area contributed by atoms with Gasteiger partial charge >= 0.3 is 0 Å². The van der Waals surface area contributed by atoms with E-state index in [0.717, 1.165) is 50.4 Å². The van der Waals surface area contributed by atoms with Crippen LogP contribution in [-0.4, -0.2) is 19.9 Å². The van der Waals surface area contributed by atoms with Crippen molar-refractivity contribution < 1.29 is 0 Å². The van der Waals surface area contributed by atoms with Crippen LogP contribution in [0.5, 0.6) is 0 Å². The second-order valence-corrected chi connectivity index (χ2v) is 10.6. The van der Waals surface area contributed by atoms with Crippen molar-refractivity contribution in [2.75, 3.05) is 0 Å². The average molecular weight is 511 g/mol. The minimum absolute atomic E-state index is 0.926. The second-order valence-electron chi connectivity index (χ2n) is 10.6. The van der Waals surface area contributed by atoms with Gasteiger partial charge in [-0.2, -0.15) is 0 Å². The van der Waals surface area contributed by atoms with Crippen LogP contribution in [0, 0.1) is 0 Å². The van der Waals surface area contributed by atoms with Crippen LogP contribution in [0.2, 0.25) is 0 Å². The lowest BCUT2D eigenvalue weighted by Crippen LogP contribution is -1.84. The van der Waals surface area contributed by atoms with Gasteiger partial charge in [-0.15, -0.1) is 0 Å². The number of nitrogens with one attached hydrogen (secondary N) is 2. The lowest BCUT2D eigenvalue weighted by molar-refractivity contribution is 1.32. The van der Waals surface area contributed by atoms with Crippen molar-refractivity contribution >= 4 is 66.5 Å². The first-order chi connectivity index (χ1) is 19.7. The second kappa shape index (κ2) is 8.01. The van der Waals surface area contributed by atoms with Gasteiger partial charge in [0.05, 0.1) is 22.8 Å². The molecule has 0 fully saturated rings. The summed E-state index contributed by atoms with van der Waals surface area (Å²) < 4.78 is 0. The van der Waals surface area contributed by atoms with Crippen LogP contribution in [0.4, 0.5) is 0 Å². The maximum atomic E-state index is 5.19. The van der Waals surface area contributed by atoms with Crippen molar-refractivity contribution in [1.82, 2.24) is 19.9 Å². The van der Waals surface area contributed by atoms with E-state index in [-0.39, 0.29) is 0 Å². The number of benzene rings is 4. The van der Waals surface area contributed by atoms with Crippen LogP contribution in [0.25, 0.3) is 89.1 Å². The molecule has 2 N–H and O–H groups in total. The fourth-order valence-electron chi connectivity index (χ4n) is 6.08. The molecule has 8 bridgehead atoms. The van der Waals surface area contributed by atoms with Crippen molar-refractivity contribution in [1.29, 1.82) is 0 Å². The Morgan fingerprint density at radius 3 is 1.68 bits per heavy atom. The molecule has 186 valence electrons. The molecule has 0 amide bonds. The first-order valence-corrected chi connectivity index (χ1v) is 13.5. The lowest BCUT2D eigenvalue weighted by Gasteiger charge is -2.09. The third-order valence-corrected chi connectivity index (χ3v) is 7.95. The number of hydrogen-bond acceptors (Lipinski definition) is 2. The van der Waals surface area contributed by atoms with Gasteiger partial charge in [-0.3, -0.25) is 0 Å². The summed E-state index contributed by atoms with van der Waals surface area (Å²) in [5.41, 5.74) is 10.1. The van der Waals surface area contributed by atoms with E-state index in [1.807, 2.05) is 12.2 Å². The normalized spacial score (nSPS) is 12.4.